The molecule has 7 heteroatoms. The molecule has 20 heavy (non-hydrogen) atoms. The lowest BCUT2D eigenvalue weighted by atomic mass is 10.2. The fraction of sp³-hybridized carbons (Fsp3) is 0.385. The molecular formula is C13H14N2O3S2. The van der Waals surface area contributed by atoms with Crippen LogP contribution in [0.4, 0.5) is 0 Å². The molecule has 0 aliphatic carbocycles. The SMILES string of the molecule is O=C(O)c1ccc2c(c1)[nH]c(=O)n2CC1CSCCS1. The van der Waals surface area contributed by atoms with Crippen molar-refractivity contribution >= 4 is 40.5 Å². The molecular weight excluding hydrogens is 296 g/mol. The standard InChI is InChI=1S/C13H14N2O3S2/c16-12(17)8-1-2-11-10(5-8)14-13(18)15(11)6-9-7-19-3-4-20-9/h1-2,5,9H,3-4,6-7H2,(H,14,18)(H,16,17). The number of hydrogen-bond acceptors (Lipinski definition) is 4. The summed E-state index contributed by atoms with van der Waals surface area (Å²) in [6.45, 7) is 0.670. The Balaban J connectivity index is 1.96. The third kappa shape index (κ3) is 2.60. The highest BCUT2D eigenvalue weighted by Crippen LogP contribution is 2.25. The number of H-pyrrole nitrogens is 1. The Hall–Kier alpha value is -1.34. The molecule has 0 spiro atoms. The number of carboxylic acids is 1. The van der Waals surface area contributed by atoms with Crippen LogP contribution in [0, 0.1) is 0 Å². The number of fused-ring (bicyclic) bond motifs is 1. The van der Waals surface area contributed by atoms with E-state index in [0.29, 0.717) is 17.3 Å². The summed E-state index contributed by atoms with van der Waals surface area (Å²) in [7, 11) is 0. The lowest BCUT2D eigenvalue weighted by molar-refractivity contribution is 0.0697. The number of rotatable bonds is 3. The van der Waals surface area contributed by atoms with E-state index in [4.69, 9.17) is 5.11 Å². The van der Waals surface area contributed by atoms with Gasteiger partial charge in [0.05, 0.1) is 16.6 Å². The molecule has 2 heterocycles. The van der Waals surface area contributed by atoms with Crippen molar-refractivity contribution in [1.82, 2.24) is 9.55 Å². The smallest absolute Gasteiger partial charge is 0.335 e. The summed E-state index contributed by atoms with van der Waals surface area (Å²) in [5.41, 5.74) is 1.38. The molecule has 0 bridgehead atoms. The van der Waals surface area contributed by atoms with Gasteiger partial charge in [-0.25, -0.2) is 9.59 Å². The van der Waals surface area contributed by atoms with Gasteiger partial charge in [0.2, 0.25) is 0 Å². The van der Waals surface area contributed by atoms with Crippen molar-refractivity contribution in [3.8, 4) is 0 Å². The molecule has 1 unspecified atom stereocenters. The number of carbonyl (C=O) groups is 1. The van der Waals surface area contributed by atoms with Crippen LogP contribution in [0.25, 0.3) is 11.0 Å². The number of aromatic nitrogens is 2. The highest BCUT2D eigenvalue weighted by molar-refractivity contribution is 8.06. The molecule has 3 rings (SSSR count). The van der Waals surface area contributed by atoms with Crippen molar-refractivity contribution in [1.29, 1.82) is 0 Å². The van der Waals surface area contributed by atoms with Crippen LogP contribution in [0.1, 0.15) is 10.4 Å². The van der Waals surface area contributed by atoms with E-state index in [1.807, 2.05) is 23.5 Å². The van der Waals surface area contributed by atoms with Crippen molar-refractivity contribution in [2.75, 3.05) is 17.3 Å². The molecule has 1 aromatic carbocycles. The predicted octanol–water partition coefficient (Wildman–Crippen LogP) is 1.88. The predicted molar refractivity (Wildman–Crippen MR) is 83.1 cm³/mol. The van der Waals surface area contributed by atoms with Gasteiger partial charge in [0.15, 0.2) is 0 Å². The van der Waals surface area contributed by atoms with Gasteiger partial charge in [0.25, 0.3) is 0 Å². The molecule has 1 fully saturated rings. The molecule has 1 aliphatic rings. The quantitative estimate of drug-likeness (QED) is 0.905. The zero-order valence-corrected chi connectivity index (χ0v) is 12.3. The van der Waals surface area contributed by atoms with E-state index in [1.165, 1.54) is 17.9 Å². The van der Waals surface area contributed by atoms with Crippen molar-refractivity contribution in [2.45, 2.75) is 11.8 Å². The Bertz CT molecular complexity index is 701. The summed E-state index contributed by atoms with van der Waals surface area (Å²) in [5, 5.41) is 9.41. The van der Waals surface area contributed by atoms with E-state index in [0.717, 1.165) is 17.0 Å². The van der Waals surface area contributed by atoms with E-state index in [9.17, 15) is 9.59 Å². The van der Waals surface area contributed by atoms with E-state index in [1.54, 1.807) is 10.6 Å². The van der Waals surface area contributed by atoms with Crippen molar-refractivity contribution in [3.63, 3.8) is 0 Å². The van der Waals surface area contributed by atoms with Gasteiger partial charge in [-0.15, -0.1) is 0 Å². The van der Waals surface area contributed by atoms with E-state index >= 15 is 0 Å². The Morgan fingerprint density at radius 3 is 3.00 bits per heavy atom. The molecule has 1 saturated heterocycles. The molecule has 5 nitrogen and oxygen atoms in total. The Morgan fingerprint density at radius 2 is 2.30 bits per heavy atom. The fourth-order valence-electron chi connectivity index (χ4n) is 2.32. The van der Waals surface area contributed by atoms with Crippen LogP contribution < -0.4 is 5.69 Å². The van der Waals surface area contributed by atoms with Crippen molar-refractivity contribution < 1.29 is 9.90 Å². The van der Waals surface area contributed by atoms with Gasteiger partial charge in [-0.2, -0.15) is 23.5 Å². The van der Waals surface area contributed by atoms with Gasteiger partial charge in [0, 0.05) is 29.1 Å². The highest BCUT2D eigenvalue weighted by atomic mass is 32.2. The molecule has 1 aliphatic heterocycles. The maximum atomic E-state index is 12.0. The van der Waals surface area contributed by atoms with E-state index in [-0.39, 0.29) is 11.3 Å². The van der Waals surface area contributed by atoms with Gasteiger partial charge in [0.1, 0.15) is 0 Å². The number of nitrogens with zero attached hydrogens (tertiary/aromatic N) is 1. The van der Waals surface area contributed by atoms with Gasteiger partial charge < -0.3 is 10.1 Å². The van der Waals surface area contributed by atoms with Crippen LogP contribution in [0.15, 0.2) is 23.0 Å². The number of nitrogens with one attached hydrogen (secondary N) is 1. The molecule has 2 aromatic rings. The fourth-order valence-corrected chi connectivity index (χ4v) is 4.98. The lowest BCUT2D eigenvalue weighted by Gasteiger charge is -2.21. The van der Waals surface area contributed by atoms with Crippen LogP contribution >= 0.6 is 23.5 Å². The zero-order valence-electron chi connectivity index (χ0n) is 10.7. The van der Waals surface area contributed by atoms with Crippen LogP contribution in [-0.2, 0) is 6.54 Å². The van der Waals surface area contributed by atoms with Gasteiger partial charge in [-0.05, 0) is 18.2 Å². The van der Waals surface area contributed by atoms with Gasteiger partial charge in [-0.1, -0.05) is 0 Å². The monoisotopic (exact) mass is 310 g/mol. The first-order valence-corrected chi connectivity index (χ1v) is 8.51. The lowest BCUT2D eigenvalue weighted by Crippen LogP contribution is -2.26. The minimum absolute atomic E-state index is 0.168. The van der Waals surface area contributed by atoms with Crippen LogP contribution in [0.3, 0.4) is 0 Å². The average molecular weight is 310 g/mol. The number of aromatic amines is 1. The molecule has 0 saturated carbocycles. The van der Waals surface area contributed by atoms with E-state index in [2.05, 4.69) is 4.98 Å². The number of thioether (sulfide) groups is 2. The summed E-state index contributed by atoms with van der Waals surface area (Å²) in [6.07, 6.45) is 0. The zero-order chi connectivity index (χ0) is 14.1. The molecule has 2 N–H and O–H groups in total. The molecule has 1 aromatic heterocycles. The summed E-state index contributed by atoms with van der Waals surface area (Å²) in [6, 6.07) is 4.76. The average Bonchev–Trinajstić information content (AvgIpc) is 2.75. The summed E-state index contributed by atoms with van der Waals surface area (Å²) >= 11 is 3.82. The Kier molecular flexibility index (Phi) is 3.80. The maximum Gasteiger partial charge on any atom is 0.335 e. The second-order valence-corrected chi connectivity index (χ2v) is 7.20. The summed E-state index contributed by atoms with van der Waals surface area (Å²) < 4.78 is 1.71. The molecule has 1 atom stereocenters. The first kappa shape index (κ1) is 13.6. The summed E-state index contributed by atoms with van der Waals surface area (Å²) in [5.74, 6) is 2.36. The van der Waals surface area contributed by atoms with Crippen molar-refractivity contribution in [3.05, 3.63) is 34.2 Å². The topological polar surface area (TPSA) is 75.1 Å². The number of benzene rings is 1. The number of aromatic carboxylic acids is 1. The number of imidazole rings is 1. The molecule has 0 radical (unpaired) electrons. The minimum atomic E-state index is -0.986. The molecule has 0 amide bonds. The Labute approximate surface area is 123 Å². The summed E-state index contributed by atoms with van der Waals surface area (Å²) in [4.78, 5) is 25.7. The minimum Gasteiger partial charge on any atom is -0.478 e. The largest absolute Gasteiger partial charge is 0.478 e. The van der Waals surface area contributed by atoms with E-state index < -0.39 is 5.97 Å². The second-order valence-electron chi connectivity index (χ2n) is 4.65. The van der Waals surface area contributed by atoms with Gasteiger partial charge >= 0.3 is 11.7 Å². The maximum absolute atomic E-state index is 12.0. The molecule has 106 valence electrons. The first-order chi connectivity index (χ1) is 9.65. The van der Waals surface area contributed by atoms with Crippen LogP contribution in [0.5, 0.6) is 0 Å². The second kappa shape index (κ2) is 5.57. The number of carboxylic acid groups (broad SMARTS) is 1. The van der Waals surface area contributed by atoms with Crippen molar-refractivity contribution in [2.24, 2.45) is 0 Å². The van der Waals surface area contributed by atoms with Gasteiger partial charge in [-0.3, -0.25) is 4.57 Å². The first-order valence-electron chi connectivity index (χ1n) is 6.30. The third-order valence-electron chi connectivity index (χ3n) is 3.29. The highest BCUT2D eigenvalue weighted by Gasteiger charge is 2.18. The number of hydrogen-bond donors (Lipinski definition) is 2. The van der Waals surface area contributed by atoms with Crippen LogP contribution in [-0.4, -0.2) is 43.1 Å². The third-order valence-corrected chi connectivity index (χ3v) is 6.12. The van der Waals surface area contributed by atoms with Crippen LogP contribution in [0.2, 0.25) is 0 Å². The Morgan fingerprint density at radius 1 is 1.45 bits per heavy atom. The normalized spacial score (nSPS) is 19.3.